The molecule has 0 saturated heterocycles. The molecule has 0 aromatic heterocycles. The van der Waals surface area contributed by atoms with Crippen LogP contribution in [0.1, 0.15) is 18.1 Å². The van der Waals surface area contributed by atoms with E-state index in [2.05, 4.69) is 21.2 Å². The van der Waals surface area contributed by atoms with Crippen LogP contribution in [-0.2, 0) is 26.2 Å². The number of hydrogen-bond acceptors (Lipinski definition) is 4. The quantitative estimate of drug-likeness (QED) is 0.344. The predicted molar refractivity (Wildman–Crippen MR) is 150 cm³/mol. The highest BCUT2D eigenvalue weighted by Crippen LogP contribution is 2.33. The summed E-state index contributed by atoms with van der Waals surface area (Å²) in [6, 6.07) is 17.1. The summed E-state index contributed by atoms with van der Waals surface area (Å²) in [5, 5.41) is 2.90. The van der Waals surface area contributed by atoms with Crippen molar-refractivity contribution >= 4 is 66.7 Å². The van der Waals surface area contributed by atoms with Gasteiger partial charge in [-0.2, -0.15) is 0 Å². The largest absolute Gasteiger partial charge is 0.357 e. The smallest absolute Gasteiger partial charge is 0.264 e. The average molecular weight is 627 g/mol. The summed E-state index contributed by atoms with van der Waals surface area (Å²) in [5.41, 5.74) is 1.69. The van der Waals surface area contributed by atoms with Gasteiger partial charge in [-0.1, -0.05) is 69.0 Å². The van der Waals surface area contributed by atoms with Crippen molar-refractivity contribution in [1.82, 2.24) is 10.2 Å². The zero-order valence-electron chi connectivity index (χ0n) is 20.4. The normalized spacial score (nSPS) is 12.1. The number of amides is 2. The lowest BCUT2D eigenvalue weighted by Gasteiger charge is -2.32. The molecule has 3 aromatic carbocycles. The molecule has 3 rings (SSSR count). The number of nitrogens with zero attached hydrogens (tertiary/aromatic N) is 2. The average Bonchev–Trinajstić information content (AvgIpc) is 2.86. The molecule has 2 amide bonds. The van der Waals surface area contributed by atoms with E-state index < -0.39 is 34.4 Å². The first-order valence-electron chi connectivity index (χ1n) is 11.2. The Hall–Kier alpha value is -2.59. The fourth-order valence-corrected chi connectivity index (χ4v) is 5.96. The van der Waals surface area contributed by atoms with Crippen LogP contribution in [0.3, 0.4) is 0 Å². The number of carbonyl (C=O) groups is 2. The van der Waals surface area contributed by atoms with Crippen molar-refractivity contribution in [2.24, 2.45) is 0 Å². The van der Waals surface area contributed by atoms with E-state index in [1.165, 1.54) is 42.3 Å². The first-order valence-corrected chi connectivity index (χ1v) is 14.2. The fraction of sp³-hybridized carbons (Fsp3) is 0.231. The minimum absolute atomic E-state index is 0.0140. The molecular weight excluding hydrogens is 601 g/mol. The highest BCUT2D eigenvalue weighted by molar-refractivity contribution is 9.10. The summed E-state index contributed by atoms with van der Waals surface area (Å²) >= 11 is 16.0. The molecule has 1 N–H and O–H groups in total. The van der Waals surface area contributed by atoms with Crippen molar-refractivity contribution in [3.63, 3.8) is 0 Å². The summed E-state index contributed by atoms with van der Waals surface area (Å²) in [6.45, 7) is 2.89. The lowest BCUT2D eigenvalue weighted by molar-refractivity contribution is -0.139. The summed E-state index contributed by atoms with van der Waals surface area (Å²) in [6.07, 6.45) is 0. The maximum absolute atomic E-state index is 13.8. The van der Waals surface area contributed by atoms with Crippen LogP contribution < -0.4 is 9.62 Å². The number of nitrogens with one attached hydrogen (secondary N) is 1. The number of likely N-dealkylation sites (N-methyl/N-ethyl adjacent to an activating group) is 1. The zero-order valence-corrected chi connectivity index (χ0v) is 24.3. The van der Waals surface area contributed by atoms with Gasteiger partial charge in [0.1, 0.15) is 12.6 Å². The number of sulfonamides is 1. The van der Waals surface area contributed by atoms with Crippen LogP contribution in [-0.4, -0.2) is 44.8 Å². The van der Waals surface area contributed by atoms with Crippen molar-refractivity contribution in [1.29, 1.82) is 0 Å². The Bertz CT molecular complexity index is 1400. The van der Waals surface area contributed by atoms with Crippen LogP contribution in [0, 0.1) is 6.92 Å². The molecule has 196 valence electrons. The fourth-order valence-electron chi connectivity index (χ4n) is 3.65. The number of hydrogen-bond donors (Lipinski definition) is 1. The second kappa shape index (κ2) is 12.3. The van der Waals surface area contributed by atoms with Gasteiger partial charge in [0.2, 0.25) is 11.8 Å². The van der Waals surface area contributed by atoms with Gasteiger partial charge in [0.15, 0.2) is 0 Å². The molecule has 37 heavy (non-hydrogen) atoms. The van der Waals surface area contributed by atoms with Crippen LogP contribution in [0.4, 0.5) is 5.69 Å². The third-order valence-corrected chi connectivity index (χ3v) is 8.54. The van der Waals surface area contributed by atoms with Crippen LogP contribution in [0.25, 0.3) is 0 Å². The molecule has 0 fully saturated rings. The molecule has 11 heteroatoms. The molecule has 0 saturated carbocycles. The Kier molecular flexibility index (Phi) is 9.63. The monoisotopic (exact) mass is 625 g/mol. The summed E-state index contributed by atoms with van der Waals surface area (Å²) in [7, 11) is -2.76. The van der Waals surface area contributed by atoms with E-state index in [1.54, 1.807) is 19.1 Å². The van der Waals surface area contributed by atoms with Crippen molar-refractivity contribution < 1.29 is 18.0 Å². The van der Waals surface area contributed by atoms with Gasteiger partial charge in [0.25, 0.3) is 10.0 Å². The maximum atomic E-state index is 13.8. The number of rotatable bonds is 9. The van der Waals surface area contributed by atoms with E-state index >= 15 is 0 Å². The highest BCUT2D eigenvalue weighted by Gasteiger charge is 2.33. The van der Waals surface area contributed by atoms with Gasteiger partial charge < -0.3 is 10.2 Å². The van der Waals surface area contributed by atoms with Crippen LogP contribution in [0.5, 0.6) is 0 Å². The maximum Gasteiger partial charge on any atom is 0.264 e. The van der Waals surface area contributed by atoms with Crippen LogP contribution in [0.15, 0.2) is 76.1 Å². The van der Waals surface area contributed by atoms with E-state index in [9.17, 15) is 18.0 Å². The van der Waals surface area contributed by atoms with E-state index in [-0.39, 0.29) is 27.2 Å². The van der Waals surface area contributed by atoms with Gasteiger partial charge in [-0.15, -0.1) is 0 Å². The molecule has 0 aliphatic heterocycles. The molecule has 0 radical (unpaired) electrons. The molecule has 0 heterocycles. The number of anilines is 1. The number of aryl methyl sites for hydroxylation is 1. The van der Waals surface area contributed by atoms with Crippen molar-refractivity contribution in [3.8, 4) is 0 Å². The van der Waals surface area contributed by atoms with E-state index in [0.29, 0.717) is 0 Å². The Morgan fingerprint density at radius 1 is 1.03 bits per heavy atom. The third kappa shape index (κ3) is 7.04. The second-order valence-corrected chi connectivity index (χ2v) is 12.0. The highest BCUT2D eigenvalue weighted by atomic mass is 79.9. The lowest BCUT2D eigenvalue weighted by Crippen LogP contribution is -2.50. The van der Waals surface area contributed by atoms with E-state index in [1.807, 2.05) is 31.2 Å². The van der Waals surface area contributed by atoms with Crippen LogP contribution in [0.2, 0.25) is 10.0 Å². The van der Waals surface area contributed by atoms with E-state index in [0.717, 1.165) is 19.9 Å². The Balaban J connectivity index is 2.08. The van der Waals surface area contributed by atoms with E-state index in [4.69, 9.17) is 23.2 Å². The first kappa shape index (κ1) is 29.0. The van der Waals surface area contributed by atoms with Gasteiger partial charge in [-0.3, -0.25) is 13.9 Å². The van der Waals surface area contributed by atoms with Gasteiger partial charge in [0.05, 0.1) is 15.6 Å². The summed E-state index contributed by atoms with van der Waals surface area (Å²) in [5.74, 6) is -0.986. The minimum Gasteiger partial charge on any atom is -0.357 e. The summed E-state index contributed by atoms with van der Waals surface area (Å²) < 4.78 is 29.3. The van der Waals surface area contributed by atoms with Crippen LogP contribution >= 0.6 is 39.1 Å². The van der Waals surface area contributed by atoms with Crippen molar-refractivity contribution in [3.05, 3.63) is 92.4 Å². The van der Waals surface area contributed by atoms with Gasteiger partial charge >= 0.3 is 0 Å². The molecule has 0 spiro atoms. The molecule has 7 nitrogen and oxygen atoms in total. The predicted octanol–water partition coefficient (Wildman–Crippen LogP) is 5.42. The minimum atomic E-state index is -4.24. The number of benzene rings is 3. The first-order chi connectivity index (χ1) is 17.4. The number of halogens is 3. The SMILES string of the molecule is CNC(=O)C(C)N(Cc1cccc(Br)c1)C(=O)CN(c1cc(Cl)ccc1Cl)S(=O)(=O)c1ccc(C)cc1. The Morgan fingerprint density at radius 2 is 1.70 bits per heavy atom. The molecule has 0 bridgehead atoms. The van der Waals surface area contributed by atoms with Gasteiger partial charge in [0, 0.05) is 23.1 Å². The lowest BCUT2D eigenvalue weighted by atomic mass is 10.1. The van der Waals surface area contributed by atoms with Crippen molar-refractivity contribution in [2.45, 2.75) is 31.3 Å². The number of carbonyl (C=O) groups excluding carboxylic acids is 2. The standard InChI is InChI=1S/C26H26BrCl2N3O4S/c1-17-7-10-22(11-8-17)37(35,36)32(24-14-21(28)9-12-23(24)29)16-25(33)31(18(2)26(34)30-3)15-19-5-4-6-20(27)13-19/h4-14,18H,15-16H2,1-3H3,(H,30,34). The topological polar surface area (TPSA) is 86.8 Å². The molecule has 0 aliphatic rings. The second-order valence-electron chi connectivity index (χ2n) is 8.36. The summed E-state index contributed by atoms with van der Waals surface area (Å²) in [4.78, 5) is 27.6. The molecule has 3 aromatic rings. The Morgan fingerprint density at radius 3 is 2.32 bits per heavy atom. The molecule has 0 aliphatic carbocycles. The molecular formula is C26H26BrCl2N3O4S. The van der Waals surface area contributed by atoms with Crippen molar-refractivity contribution in [2.75, 3.05) is 17.9 Å². The zero-order chi connectivity index (χ0) is 27.3. The third-order valence-electron chi connectivity index (χ3n) is 5.72. The molecule has 1 atom stereocenters. The van der Waals surface area contributed by atoms with Gasteiger partial charge in [-0.25, -0.2) is 8.42 Å². The Labute approximate surface area is 235 Å². The molecule has 1 unspecified atom stereocenters. The van der Waals surface area contributed by atoms with Gasteiger partial charge in [-0.05, 0) is 61.9 Å².